The number of rotatable bonds is 2. The third-order valence-corrected chi connectivity index (χ3v) is 2.64. The van der Waals surface area contributed by atoms with Crippen LogP contribution in [0.4, 0.5) is 0 Å². The predicted octanol–water partition coefficient (Wildman–Crippen LogP) is 1.23. The molecule has 1 saturated heterocycles. The summed E-state index contributed by atoms with van der Waals surface area (Å²) in [5, 5.41) is 12.8. The van der Waals surface area contributed by atoms with E-state index in [4.69, 9.17) is 0 Å². The van der Waals surface area contributed by atoms with E-state index in [9.17, 15) is 5.11 Å². The van der Waals surface area contributed by atoms with Gasteiger partial charge in [-0.1, -0.05) is 30.3 Å². The average Bonchev–Trinajstić information content (AvgIpc) is 2.54. The zero-order valence-corrected chi connectivity index (χ0v) is 8.83. The van der Waals surface area contributed by atoms with Crippen LogP contribution in [0.5, 0.6) is 0 Å². The highest BCUT2D eigenvalue weighted by Gasteiger charge is 2.24. The molecule has 0 saturated carbocycles. The second-order valence-corrected chi connectivity index (χ2v) is 3.68. The van der Waals surface area contributed by atoms with Gasteiger partial charge in [-0.05, 0) is 12.0 Å². The molecule has 0 aliphatic carbocycles. The predicted molar refractivity (Wildman–Crippen MR) is 59.8 cm³/mol. The van der Waals surface area contributed by atoms with E-state index in [1.807, 2.05) is 18.2 Å². The number of β-amino-alcohol motifs (C(OH)–C–C–N with tert-alkyl or cyclic N) is 1. The van der Waals surface area contributed by atoms with Gasteiger partial charge in [0.1, 0.15) is 0 Å². The molecule has 2 unspecified atom stereocenters. The first-order chi connectivity index (χ1) is 6.36. The molecule has 2 atom stereocenters. The Labute approximate surface area is 90.7 Å². The van der Waals surface area contributed by atoms with Gasteiger partial charge in [-0.15, -0.1) is 12.4 Å². The lowest BCUT2D eigenvalue weighted by atomic mass is 9.97. The lowest BCUT2D eigenvalue weighted by molar-refractivity contribution is 0.147. The summed E-state index contributed by atoms with van der Waals surface area (Å²) in [4.78, 5) is 0. The number of nitrogens with one attached hydrogen (secondary N) is 1. The zero-order chi connectivity index (χ0) is 9.10. The first-order valence-corrected chi connectivity index (χ1v) is 4.79. The van der Waals surface area contributed by atoms with Crippen LogP contribution in [0.3, 0.4) is 0 Å². The number of hydrogen-bond donors (Lipinski definition) is 2. The van der Waals surface area contributed by atoms with E-state index < -0.39 is 0 Å². The first kappa shape index (κ1) is 11.5. The number of aliphatic hydroxyl groups is 1. The fourth-order valence-corrected chi connectivity index (χ4v) is 1.84. The van der Waals surface area contributed by atoms with Gasteiger partial charge < -0.3 is 10.4 Å². The molecule has 0 aromatic heterocycles. The average molecular weight is 214 g/mol. The van der Waals surface area contributed by atoms with Crippen molar-refractivity contribution >= 4 is 12.4 Å². The molecule has 2 nitrogen and oxygen atoms in total. The molecule has 0 amide bonds. The van der Waals surface area contributed by atoms with Crippen molar-refractivity contribution in [2.24, 2.45) is 5.92 Å². The van der Waals surface area contributed by atoms with Gasteiger partial charge in [0.15, 0.2) is 0 Å². The molecule has 1 aromatic carbocycles. The quantitative estimate of drug-likeness (QED) is 0.775. The lowest BCUT2D eigenvalue weighted by Gasteiger charge is -2.12. The Morgan fingerprint density at radius 2 is 1.93 bits per heavy atom. The van der Waals surface area contributed by atoms with Crippen LogP contribution in [0, 0.1) is 5.92 Å². The molecule has 0 spiro atoms. The zero-order valence-electron chi connectivity index (χ0n) is 8.02. The van der Waals surface area contributed by atoms with E-state index in [-0.39, 0.29) is 18.5 Å². The van der Waals surface area contributed by atoms with Crippen molar-refractivity contribution in [3.05, 3.63) is 35.9 Å². The fraction of sp³-hybridized carbons (Fsp3) is 0.455. The minimum atomic E-state index is -0.166. The van der Waals surface area contributed by atoms with Gasteiger partial charge in [0.25, 0.3) is 0 Å². The van der Waals surface area contributed by atoms with E-state index >= 15 is 0 Å². The molecular formula is C11H16ClNO. The normalized spacial score (nSPS) is 25.8. The molecule has 0 bridgehead atoms. The Bertz CT molecular complexity index is 265. The Morgan fingerprint density at radius 1 is 1.21 bits per heavy atom. The van der Waals surface area contributed by atoms with Gasteiger partial charge in [-0.25, -0.2) is 0 Å². The van der Waals surface area contributed by atoms with Gasteiger partial charge in [-0.3, -0.25) is 0 Å². The number of benzene rings is 1. The van der Waals surface area contributed by atoms with Gasteiger partial charge in [0, 0.05) is 19.0 Å². The van der Waals surface area contributed by atoms with Gasteiger partial charge in [-0.2, -0.15) is 0 Å². The minimum Gasteiger partial charge on any atom is -0.391 e. The van der Waals surface area contributed by atoms with E-state index in [1.165, 1.54) is 5.56 Å². The molecule has 1 aliphatic rings. The summed E-state index contributed by atoms with van der Waals surface area (Å²) in [5.41, 5.74) is 1.32. The summed E-state index contributed by atoms with van der Waals surface area (Å²) < 4.78 is 0. The summed E-state index contributed by atoms with van der Waals surface area (Å²) in [6.07, 6.45) is 0.815. The monoisotopic (exact) mass is 213 g/mol. The SMILES string of the molecule is Cl.OC1CNCC1Cc1ccccc1. The van der Waals surface area contributed by atoms with E-state index in [1.54, 1.807) is 0 Å². The fourth-order valence-electron chi connectivity index (χ4n) is 1.84. The Kier molecular flexibility index (Phi) is 4.39. The number of aliphatic hydroxyl groups excluding tert-OH is 1. The summed E-state index contributed by atoms with van der Waals surface area (Å²) >= 11 is 0. The van der Waals surface area contributed by atoms with Crippen LogP contribution in [0.2, 0.25) is 0 Å². The van der Waals surface area contributed by atoms with Crippen molar-refractivity contribution in [3.8, 4) is 0 Å². The van der Waals surface area contributed by atoms with Crippen molar-refractivity contribution in [1.29, 1.82) is 0 Å². The molecule has 78 valence electrons. The molecular weight excluding hydrogens is 198 g/mol. The molecule has 1 aromatic rings. The molecule has 3 heteroatoms. The molecule has 1 aliphatic heterocycles. The maximum atomic E-state index is 9.59. The molecule has 1 fully saturated rings. The Balaban J connectivity index is 0.000000980. The maximum absolute atomic E-state index is 9.59. The van der Waals surface area contributed by atoms with Crippen LogP contribution in [0.25, 0.3) is 0 Å². The molecule has 0 radical (unpaired) electrons. The molecule has 14 heavy (non-hydrogen) atoms. The van der Waals surface area contributed by atoms with Crippen molar-refractivity contribution in [2.45, 2.75) is 12.5 Å². The number of halogens is 1. The van der Waals surface area contributed by atoms with Crippen LogP contribution < -0.4 is 5.32 Å². The van der Waals surface area contributed by atoms with Crippen LogP contribution in [0.1, 0.15) is 5.56 Å². The topological polar surface area (TPSA) is 32.3 Å². The molecule has 1 heterocycles. The lowest BCUT2D eigenvalue weighted by Crippen LogP contribution is -2.19. The van der Waals surface area contributed by atoms with Crippen molar-refractivity contribution in [3.63, 3.8) is 0 Å². The maximum Gasteiger partial charge on any atom is 0.0708 e. The first-order valence-electron chi connectivity index (χ1n) is 4.79. The third-order valence-electron chi connectivity index (χ3n) is 2.64. The number of hydrogen-bond acceptors (Lipinski definition) is 2. The summed E-state index contributed by atoms with van der Waals surface area (Å²) in [6, 6.07) is 10.3. The van der Waals surface area contributed by atoms with Crippen LogP contribution in [-0.4, -0.2) is 24.3 Å². The van der Waals surface area contributed by atoms with E-state index in [0.29, 0.717) is 5.92 Å². The Hall–Kier alpha value is -0.570. The van der Waals surface area contributed by atoms with Crippen molar-refractivity contribution < 1.29 is 5.11 Å². The largest absolute Gasteiger partial charge is 0.391 e. The second kappa shape index (κ2) is 5.35. The summed E-state index contributed by atoms with van der Waals surface area (Å²) in [5.74, 6) is 0.391. The van der Waals surface area contributed by atoms with E-state index in [2.05, 4.69) is 17.4 Å². The standard InChI is InChI=1S/C11H15NO.ClH/c13-11-8-12-7-10(11)6-9-4-2-1-3-5-9;/h1-5,10-13H,6-8H2;1H. The minimum absolute atomic E-state index is 0. The van der Waals surface area contributed by atoms with Crippen molar-refractivity contribution in [1.82, 2.24) is 5.32 Å². The van der Waals surface area contributed by atoms with Gasteiger partial charge >= 0.3 is 0 Å². The van der Waals surface area contributed by atoms with Gasteiger partial charge in [0.05, 0.1) is 6.10 Å². The second-order valence-electron chi connectivity index (χ2n) is 3.68. The van der Waals surface area contributed by atoms with Gasteiger partial charge in [0.2, 0.25) is 0 Å². The van der Waals surface area contributed by atoms with E-state index in [0.717, 1.165) is 19.5 Å². The summed E-state index contributed by atoms with van der Waals surface area (Å²) in [7, 11) is 0. The Morgan fingerprint density at radius 3 is 2.50 bits per heavy atom. The van der Waals surface area contributed by atoms with Crippen LogP contribution in [0.15, 0.2) is 30.3 Å². The van der Waals surface area contributed by atoms with Crippen molar-refractivity contribution in [2.75, 3.05) is 13.1 Å². The highest BCUT2D eigenvalue weighted by Crippen LogP contribution is 2.15. The van der Waals surface area contributed by atoms with Crippen LogP contribution >= 0.6 is 12.4 Å². The smallest absolute Gasteiger partial charge is 0.0708 e. The molecule has 2 N–H and O–H groups in total. The summed E-state index contributed by atoms with van der Waals surface area (Å²) in [6.45, 7) is 1.69. The van der Waals surface area contributed by atoms with Crippen LogP contribution in [-0.2, 0) is 6.42 Å². The highest BCUT2D eigenvalue weighted by molar-refractivity contribution is 5.85. The molecule has 2 rings (SSSR count). The third kappa shape index (κ3) is 2.71. The highest BCUT2D eigenvalue weighted by atomic mass is 35.5.